The highest BCUT2D eigenvalue weighted by Gasteiger charge is 2.50. The Balaban J connectivity index is 1.37. The molecule has 12 nitrogen and oxygen atoms in total. The predicted molar refractivity (Wildman–Crippen MR) is 138 cm³/mol. The molecule has 0 bridgehead atoms. The molecule has 0 aliphatic heterocycles. The van der Waals surface area contributed by atoms with Crippen molar-refractivity contribution >= 4 is 23.4 Å². The first kappa shape index (κ1) is 25.4. The van der Waals surface area contributed by atoms with Gasteiger partial charge in [-0.3, -0.25) is 4.90 Å². The van der Waals surface area contributed by atoms with Gasteiger partial charge in [0.25, 0.3) is 0 Å². The van der Waals surface area contributed by atoms with E-state index in [0.29, 0.717) is 27.3 Å². The fraction of sp³-hybridized carbons (Fsp3) is 0.154. The van der Waals surface area contributed by atoms with Crippen LogP contribution in [0.25, 0.3) is 28.1 Å². The van der Waals surface area contributed by atoms with Crippen LogP contribution in [0.3, 0.4) is 0 Å². The van der Waals surface area contributed by atoms with Crippen LogP contribution in [0, 0.1) is 11.0 Å². The van der Waals surface area contributed by atoms with Crippen molar-refractivity contribution in [3.05, 3.63) is 94.4 Å². The number of benzene rings is 2. The van der Waals surface area contributed by atoms with Crippen molar-refractivity contribution in [3.8, 4) is 28.1 Å². The number of aliphatic hydroxyl groups is 1. The number of amides is 1. The fourth-order valence-corrected chi connectivity index (χ4v) is 5.04. The molecule has 14 heteroatoms. The predicted octanol–water partition coefficient (Wildman–Crippen LogP) is 3.71. The maximum Gasteiger partial charge on any atom is 0.411 e. The van der Waals surface area contributed by atoms with Gasteiger partial charge in [0, 0.05) is 23.9 Å². The van der Waals surface area contributed by atoms with Crippen molar-refractivity contribution in [2.75, 3.05) is 11.9 Å². The minimum atomic E-state index is -1.83. The zero-order valence-corrected chi connectivity index (χ0v) is 21.4. The average molecular weight is 564 g/mol. The summed E-state index contributed by atoms with van der Waals surface area (Å²) in [6, 6.07) is 11.1. The first-order valence-corrected chi connectivity index (χ1v) is 12.3. The van der Waals surface area contributed by atoms with Gasteiger partial charge in [0.1, 0.15) is 6.33 Å². The van der Waals surface area contributed by atoms with Crippen LogP contribution in [0.5, 0.6) is 0 Å². The Bertz CT molecular complexity index is 1760. The molecule has 0 saturated carbocycles. The number of hydrogen-bond donors (Lipinski definition) is 2. The van der Waals surface area contributed by atoms with Crippen LogP contribution in [-0.2, 0) is 12.0 Å². The number of aryl methyl sites for hydroxylation is 1. The number of carbonyl (C=O) groups is 1. The normalized spacial score (nSPS) is 16.2. The van der Waals surface area contributed by atoms with Gasteiger partial charge >= 0.3 is 6.09 Å². The van der Waals surface area contributed by atoms with E-state index in [1.165, 1.54) is 36.4 Å². The standard InChI is InChI=1S/C26H19ClFN7O5/c1-33(25(36)37)17-4-2-14(3-5-17)20-11-29-24(40-20)26(38)9-8-15-10-16(12-35(39)23(15)26)21-19(34-13-30-31-32-34)7-6-18(27)22(21)28/h2-7,10-13,38H,8-9H2,1H3,(H,36,37). The summed E-state index contributed by atoms with van der Waals surface area (Å²) >= 11 is 6.06. The van der Waals surface area contributed by atoms with Crippen molar-refractivity contribution in [3.63, 3.8) is 0 Å². The zero-order valence-electron chi connectivity index (χ0n) is 20.7. The molecular formula is C26H19ClFN7O5. The average Bonchev–Trinajstić information content (AvgIpc) is 3.71. The molecule has 5 aromatic rings. The van der Waals surface area contributed by atoms with Gasteiger partial charge in [0.05, 0.1) is 28.0 Å². The monoisotopic (exact) mass is 563 g/mol. The van der Waals surface area contributed by atoms with Crippen LogP contribution in [0.2, 0.25) is 5.02 Å². The van der Waals surface area contributed by atoms with E-state index >= 15 is 4.39 Å². The Kier molecular flexibility index (Phi) is 5.97. The van der Waals surface area contributed by atoms with E-state index in [-0.39, 0.29) is 46.3 Å². The van der Waals surface area contributed by atoms with E-state index in [0.717, 1.165) is 11.1 Å². The molecule has 0 saturated heterocycles. The molecule has 1 aliphatic carbocycles. The summed E-state index contributed by atoms with van der Waals surface area (Å²) in [7, 11) is 1.42. The molecule has 0 radical (unpaired) electrons. The van der Waals surface area contributed by atoms with Crippen LogP contribution in [0.15, 0.2) is 65.6 Å². The number of aromatic nitrogens is 6. The highest BCUT2D eigenvalue weighted by molar-refractivity contribution is 6.31. The maximum absolute atomic E-state index is 15.3. The molecule has 3 heterocycles. The van der Waals surface area contributed by atoms with Crippen molar-refractivity contribution in [1.29, 1.82) is 0 Å². The molecule has 40 heavy (non-hydrogen) atoms. The lowest BCUT2D eigenvalue weighted by molar-refractivity contribution is -0.620. The van der Waals surface area contributed by atoms with Crippen LogP contribution < -0.4 is 9.63 Å². The Morgan fingerprint density at radius 3 is 2.73 bits per heavy atom. The second kappa shape index (κ2) is 9.39. The van der Waals surface area contributed by atoms with Gasteiger partial charge in [-0.15, -0.1) is 5.10 Å². The minimum absolute atomic E-state index is 0.0227. The van der Waals surface area contributed by atoms with Gasteiger partial charge in [0.15, 0.2) is 17.8 Å². The Labute approximate surface area is 230 Å². The summed E-state index contributed by atoms with van der Waals surface area (Å²) in [5.74, 6) is -0.503. The Morgan fingerprint density at radius 2 is 2.02 bits per heavy atom. The molecule has 0 spiro atoms. The number of oxazole rings is 1. The zero-order chi connectivity index (χ0) is 28.2. The van der Waals surface area contributed by atoms with Crippen LogP contribution in [-0.4, -0.2) is 48.5 Å². The maximum atomic E-state index is 15.3. The lowest BCUT2D eigenvalue weighted by Gasteiger charge is -2.19. The van der Waals surface area contributed by atoms with Crippen molar-refractivity contribution in [2.45, 2.75) is 18.4 Å². The van der Waals surface area contributed by atoms with E-state index in [2.05, 4.69) is 20.5 Å². The Hall–Kier alpha value is -4.88. The molecule has 6 rings (SSSR count). The lowest BCUT2D eigenvalue weighted by atomic mass is 9.98. The number of pyridine rings is 1. The van der Waals surface area contributed by atoms with Crippen molar-refractivity contribution in [2.24, 2.45) is 0 Å². The van der Waals surface area contributed by atoms with Gasteiger partial charge < -0.3 is 19.8 Å². The van der Waals surface area contributed by atoms with Crippen molar-refractivity contribution in [1.82, 2.24) is 25.2 Å². The first-order chi connectivity index (χ1) is 19.2. The highest BCUT2D eigenvalue weighted by atomic mass is 35.5. The summed E-state index contributed by atoms with van der Waals surface area (Å²) in [6.07, 6.45) is 3.16. The summed E-state index contributed by atoms with van der Waals surface area (Å²) < 4.78 is 22.9. The van der Waals surface area contributed by atoms with Gasteiger partial charge in [-0.05, 0) is 65.7 Å². The van der Waals surface area contributed by atoms with Crippen LogP contribution in [0.1, 0.15) is 23.6 Å². The van der Waals surface area contributed by atoms with E-state index < -0.39 is 17.5 Å². The second-order valence-electron chi connectivity index (χ2n) is 9.22. The van der Waals surface area contributed by atoms with Crippen LogP contribution in [0.4, 0.5) is 14.9 Å². The number of anilines is 1. The summed E-state index contributed by atoms with van der Waals surface area (Å²) in [5, 5.41) is 45.0. The first-order valence-electron chi connectivity index (χ1n) is 11.9. The van der Waals surface area contributed by atoms with E-state index in [4.69, 9.17) is 21.1 Å². The molecule has 3 aromatic heterocycles. The van der Waals surface area contributed by atoms with Gasteiger partial charge in [-0.2, -0.15) is 9.41 Å². The number of nitrogens with zero attached hydrogens (tertiary/aromatic N) is 7. The smallest absolute Gasteiger partial charge is 0.411 e. The number of carboxylic acid groups (broad SMARTS) is 1. The summed E-state index contributed by atoms with van der Waals surface area (Å²) in [5.41, 5.74) is 0.261. The second-order valence-corrected chi connectivity index (χ2v) is 9.62. The number of tetrazole rings is 1. The number of rotatable bonds is 5. The third-order valence-electron chi connectivity index (χ3n) is 6.90. The summed E-state index contributed by atoms with van der Waals surface area (Å²) in [6.45, 7) is 0. The van der Waals surface area contributed by atoms with Crippen molar-refractivity contribution < 1.29 is 28.5 Å². The molecule has 0 fully saturated rings. The van der Waals surface area contributed by atoms with Gasteiger partial charge in [0.2, 0.25) is 17.2 Å². The molecule has 1 unspecified atom stereocenters. The highest BCUT2D eigenvalue weighted by Crippen LogP contribution is 2.43. The topological polar surface area (TPSA) is 157 Å². The third-order valence-corrected chi connectivity index (χ3v) is 7.19. The van der Waals surface area contributed by atoms with Gasteiger partial charge in [-0.25, -0.2) is 14.2 Å². The van der Waals surface area contributed by atoms with E-state index in [1.54, 1.807) is 30.3 Å². The largest absolute Gasteiger partial charge is 0.618 e. The minimum Gasteiger partial charge on any atom is -0.618 e. The summed E-state index contributed by atoms with van der Waals surface area (Å²) in [4.78, 5) is 16.5. The van der Waals surface area contributed by atoms with E-state index in [1.807, 2.05) is 0 Å². The number of halogens is 2. The third kappa shape index (κ3) is 4.03. The molecule has 202 valence electrons. The Morgan fingerprint density at radius 1 is 1.25 bits per heavy atom. The molecular weight excluding hydrogens is 545 g/mol. The molecule has 2 N–H and O–H groups in total. The van der Waals surface area contributed by atoms with E-state index in [9.17, 15) is 15.1 Å². The molecule has 1 atom stereocenters. The SMILES string of the molecule is CN(C(=O)O)c1ccc(-c2cnc(C3(O)CCc4cc(-c5c(-n6cnnn6)ccc(Cl)c5F)c[n+]([O-])c43)o2)cc1. The van der Waals surface area contributed by atoms with Crippen LogP contribution >= 0.6 is 11.6 Å². The lowest BCUT2D eigenvalue weighted by Crippen LogP contribution is -2.41. The molecule has 1 amide bonds. The fourth-order valence-electron chi connectivity index (χ4n) is 4.88. The quantitative estimate of drug-likeness (QED) is 0.240. The number of hydrogen-bond acceptors (Lipinski definition) is 8. The van der Waals surface area contributed by atoms with Gasteiger partial charge in [-0.1, -0.05) is 11.6 Å². The number of fused-ring (bicyclic) bond motifs is 1. The molecule has 1 aliphatic rings. The molecule has 2 aromatic carbocycles.